The normalized spacial score (nSPS) is 12.0. The summed E-state index contributed by atoms with van der Waals surface area (Å²) in [5.74, 6) is 0. The fourth-order valence-electron chi connectivity index (χ4n) is 8.09. The van der Waals surface area contributed by atoms with Crippen LogP contribution in [0.1, 0.15) is 0 Å². The highest BCUT2D eigenvalue weighted by Gasteiger charge is 2.18. The Kier molecular flexibility index (Phi) is 7.04. The third-order valence-electron chi connectivity index (χ3n) is 10.7. The Morgan fingerprint density at radius 2 is 0.891 bits per heavy atom. The van der Waals surface area contributed by atoms with Gasteiger partial charge in [-0.3, -0.25) is 0 Å². The number of nitrogens with zero attached hydrogens (tertiary/aromatic N) is 2. The summed E-state index contributed by atoms with van der Waals surface area (Å²) in [6, 6.07) is 62.4. The van der Waals surface area contributed by atoms with E-state index in [0.29, 0.717) is 0 Å². The first kappa shape index (κ1) is 31.5. The summed E-state index contributed by atoms with van der Waals surface area (Å²) in [4.78, 5) is 7.58. The van der Waals surface area contributed by atoms with Crippen molar-refractivity contribution in [2.45, 2.75) is 0 Å². The Hall–Kier alpha value is -5.89. The molecule has 0 aliphatic rings. The van der Waals surface area contributed by atoms with Crippen LogP contribution in [0.5, 0.6) is 0 Å². The second-order valence-electron chi connectivity index (χ2n) is 13.9. The van der Waals surface area contributed by atoms with E-state index in [2.05, 4.69) is 175 Å². The Morgan fingerprint density at radius 1 is 0.327 bits per heavy atom. The summed E-state index contributed by atoms with van der Waals surface area (Å²) in [6.45, 7) is 0. The van der Waals surface area contributed by atoms with Crippen molar-refractivity contribution in [1.82, 2.24) is 4.98 Å². The molecule has 258 valence electrons. The van der Waals surface area contributed by atoms with E-state index < -0.39 is 0 Å². The van der Waals surface area contributed by atoms with Crippen molar-refractivity contribution in [1.29, 1.82) is 0 Å². The van der Waals surface area contributed by atoms with Crippen molar-refractivity contribution in [3.63, 3.8) is 0 Å². The van der Waals surface area contributed by atoms with E-state index in [1.54, 1.807) is 11.3 Å². The second-order valence-corrected chi connectivity index (χ2v) is 18.2. The summed E-state index contributed by atoms with van der Waals surface area (Å²) in [5.41, 5.74) is 8.13. The van der Waals surface area contributed by atoms with Crippen LogP contribution in [0.3, 0.4) is 0 Å². The number of fused-ring (bicyclic) bond motifs is 11. The molecule has 4 aromatic heterocycles. The lowest BCUT2D eigenvalue weighted by Gasteiger charge is -2.26. The molecule has 0 bridgehead atoms. The van der Waals surface area contributed by atoms with Crippen LogP contribution in [0.15, 0.2) is 170 Å². The molecule has 0 amide bonds. The number of aromatic nitrogens is 1. The van der Waals surface area contributed by atoms with Gasteiger partial charge < -0.3 is 4.90 Å². The Labute approximate surface area is 332 Å². The molecule has 12 aromatic rings. The van der Waals surface area contributed by atoms with Gasteiger partial charge in [-0.05, 0) is 83.9 Å². The van der Waals surface area contributed by atoms with E-state index in [9.17, 15) is 0 Å². The molecule has 0 saturated carbocycles. The molecule has 8 aromatic carbocycles. The molecule has 0 N–H and O–H groups in total. The Bertz CT molecular complexity index is 3440. The van der Waals surface area contributed by atoms with E-state index in [1.165, 1.54) is 81.9 Å². The topological polar surface area (TPSA) is 16.1 Å². The summed E-state index contributed by atoms with van der Waals surface area (Å²) < 4.78 is 9.04. The molecular formula is C49H28N2S4. The SMILES string of the molecule is c1ccc(-c2nc3c(ccc4sc5cc(-c6ccc(N(c7ccc8c(c7)sc7ccccc78)c7ccc8sc9ccccc9c8c7)cc6)ccc5c43)s2)cc1. The summed E-state index contributed by atoms with van der Waals surface area (Å²) in [7, 11) is 0. The van der Waals surface area contributed by atoms with Crippen molar-refractivity contribution in [3.05, 3.63) is 170 Å². The Morgan fingerprint density at radius 3 is 1.73 bits per heavy atom. The predicted molar refractivity (Wildman–Crippen MR) is 244 cm³/mol. The maximum absolute atomic E-state index is 5.17. The van der Waals surface area contributed by atoms with Crippen molar-refractivity contribution in [3.8, 4) is 21.7 Å². The minimum absolute atomic E-state index is 1.07. The highest BCUT2D eigenvalue weighted by atomic mass is 32.1. The van der Waals surface area contributed by atoms with Crippen molar-refractivity contribution in [2.75, 3.05) is 4.90 Å². The smallest absolute Gasteiger partial charge is 0.124 e. The molecule has 0 atom stereocenters. The molecule has 12 rings (SSSR count). The lowest BCUT2D eigenvalue weighted by atomic mass is 10.0. The van der Waals surface area contributed by atoms with Gasteiger partial charge in [-0.1, -0.05) is 97.1 Å². The van der Waals surface area contributed by atoms with E-state index in [0.717, 1.165) is 27.6 Å². The zero-order valence-corrected chi connectivity index (χ0v) is 32.5. The largest absolute Gasteiger partial charge is 0.310 e. The second kappa shape index (κ2) is 12.3. The van der Waals surface area contributed by atoms with Gasteiger partial charge in [0.2, 0.25) is 0 Å². The van der Waals surface area contributed by atoms with Gasteiger partial charge in [0.15, 0.2) is 0 Å². The number of benzene rings is 8. The van der Waals surface area contributed by atoms with Crippen LogP contribution in [0.2, 0.25) is 0 Å². The van der Waals surface area contributed by atoms with Crippen LogP contribution < -0.4 is 4.90 Å². The van der Waals surface area contributed by atoms with E-state index in [1.807, 2.05) is 34.0 Å². The maximum atomic E-state index is 5.17. The molecular weight excluding hydrogens is 745 g/mol. The maximum Gasteiger partial charge on any atom is 0.124 e. The standard InChI is InChI=1S/C49H28N2S4/c1-2-8-30(9-3-1)49-50-48-44(55-49)25-24-43-47(48)38-21-16-31(26-45(38)54-43)29-14-17-32(18-15-29)51(33-20-23-42-39(27-33)36-11-5-7-13-41(36)52-42)34-19-22-37-35-10-4-6-12-40(35)53-46(37)28-34/h1-28H. The molecule has 4 heterocycles. The quantitative estimate of drug-likeness (QED) is 0.173. The van der Waals surface area contributed by atoms with Gasteiger partial charge in [-0.15, -0.1) is 45.3 Å². The zero-order chi connectivity index (χ0) is 36.0. The van der Waals surface area contributed by atoms with Crippen LogP contribution >= 0.6 is 45.3 Å². The van der Waals surface area contributed by atoms with Gasteiger partial charge in [0.25, 0.3) is 0 Å². The lowest BCUT2D eigenvalue weighted by molar-refractivity contribution is 1.30. The van der Waals surface area contributed by atoms with Gasteiger partial charge in [0, 0.05) is 83.1 Å². The molecule has 0 aliphatic heterocycles. The van der Waals surface area contributed by atoms with Gasteiger partial charge >= 0.3 is 0 Å². The lowest BCUT2D eigenvalue weighted by Crippen LogP contribution is -2.09. The van der Waals surface area contributed by atoms with Crippen molar-refractivity contribution in [2.24, 2.45) is 0 Å². The van der Waals surface area contributed by atoms with Gasteiger partial charge in [-0.2, -0.15) is 0 Å². The predicted octanol–water partition coefficient (Wildman–Crippen LogP) is 16.2. The first-order valence-corrected chi connectivity index (χ1v) is 21.5. The van der Waals surface area contributed by atoms with Crippen molar-refractivity contribution < 1.29 is 0 Å². The molecule has 0 saturated heterocycles. The highest BCUT2D eigenvalue weighted by molar-refractivity contribution is 7.27. The van der Waals surface area contributed by atoms with Gasteiger partial charge in [0.1, 0.15) is 5.01 Å². The van der Waals surface area contributed by atoms with Crippen molar-refractivity contribution >= 4 is 133 Å². The summed E-state index contributed by atoms with van der Waals surface area (Å²) >= 11 is 7.35. The van der Waals surface area contributed by atoms with Crippen LogP contribution in [0.25, 0.3) is 92.4 Å². The summed E-state index contributed by atoms with van der Waals surface area (Å²) in [5, 5.41) is 8.84. The minimum Gasteiger partial charge on any atom is -0.310 e. The average Bonchev–Trinajstić information content (AvgIpc) is 4.02. The molecule has 0 fully saturated rings. The third kappa shape index (κ3) is 5.06. The number of thiophene rings is 3. The number of thiazole rings is 1. The molecule has 0 aliphatic carbocycles. The molecule has 2 nitrogen and oxygen atoms in total. The number of rotatable bonds is 5. The van der Waals surface area contributed by atoms with E-state index in [-0.39, 0.29) is 0 Å². The number of hydrogen-bond donors (Lipinski definition) is 0. The molecule has 6 heteroatoms. The monoisotopic (exact) mass is 772 g/mol. The summed E-state index contributed by atoms with van der Waals surface area (Å²) in [6.07, 6.45) is 0. The van der Waals surface area contributed by atoms with E-state index in [4.69, 9.17) is 4.98 Å². The highest BCUT2D eigenvalue weighted by Crippen LogP contribution is 2.45. The van der Waals surface area contributed by atoms with Crippen LogP contribution in [-0.4, -0.2) is 4.98 Å². The first-order chi connectivity index (χ1) is 27.2. The van der Waals surface area contributed by atoms with Crippen LogP contribution in [0, 0.1) is 0 Å². The fraction of sp³-hybridized carbons (Fsp3) is 0. The molecule has 0 unspecified atom stereocenters. The Balaban J connectivity index is 0.961. The average molecular weight is 773 g/mol. The van der Waals surface area contributed by atoms with E-state index >= 15 is 0 Å². The molecule has 55 heavy (non-hydrogen) atoms. The minimum atomic E-state index is 1.07. The molecule has 0 spiro atoms. The molecule has 0 radical (unpaired) electrons. The zero-order valence-electron chi connectivity index (χ0n) is 29.2. The van der Waals surface area contributed by atoms with Gasteiger partial charge in [0.05, 0.1) is 10.2 Å². The van der Waals surface area contributed by atoms with Crippen LogP contribution in [0.4, 0.5) is 17.1 Å². The fourth-order valence-corrected chi connectivity index (χ4v) is 12.4. The number of anilines is 3. The van der Waals surface area contributed by atoms with Crippen LogP contribution in [-0.2, 0) is 0 Å². The first-order valence-electron chi connectivity index (χ1n) is 18.3. The number of hydrogen-bond acceptors (Lipinski definition) is 6. The van der Waals surface area contributed by atoms with Gasteiger partial charge in [-0.25, -0.2) is 4.98 Å². The third-order valence-corrected chi connectivity index (χ3v) is 15.2.